The first-order valence-electron chi connectivity index (χ1n) is 5.44. The summed E-state index contributed by atoms with van der Waals surface area (Å²) in [5.74, 6) is -0.550. The number of carboxylic acids is 1. The van der Waals surface area contributed by atoms with E-state index in [9.17, 15) is 9.18 Å². The van der Waals surface area contributed by atoms with Crippen LogP contribution in [0.25, 0.3) is 0 Å². The first kappa shape index (κ1) is 13.5. The molecule has 0 unspecified atom stereocenters. The molecule has 98 valence electrons. The van der Waals surface area contributed by atoms with Crippen LogP contribution in [0.15, 0.2) is 40.9 Å². The van der Waals surface area contributed by atoms with Gasteiger partial charge in [-0.05, 0) is 58.7 Å². The Morgan fingerprint density at radius 3 is 2.63 bits per heavy atom. The SMILES string of the molecule is Cc1ccc(C(=O)O)cc1Oc1ccc(F)c(Br)c1. The van der Waals surface area contributed by atoms with Crippen LogP contribution in [0.2, 0.25) is 0 Å². The van der Waals surface area contributed by atoms with E-state index in [1.165, 1.54) is 30.3 Å². The van der Waals surface area contributed by atoms with Crippen molar-refractivity contribution in [1.29, 1.82) is 0 Å². The molecule has 0 atom stereocenters. The Kier molecular flexibility index (Phi) is 3.85. The molecule has 0 radical (unpaired) electrons. The van der Waals surface area contributed by atoms with Gasteiger partial charge in [-0.1, -0.05) is 6.07 Å². The van der Waals surface area contributed by atoms with Gasteiger partial charge in [0.2, 0.25) is 0 Å². The molecule has 0 heterocycles. The van der Waals surface area contributed by atoms with Crippen LogP contribution < -0.4 is 4.74 Å². The van der Waals surface area contributed by atoms with E-state index in [-0.39, 0.29) is 15.9 Å². The smallest absolute Gasteiger partial charge is 0.335 e. The summed E-state index contributed by atoms with van der Waals surface area (Å²) in [6, 6.07) is 8.85. The Bertz CT molecular complexity index is 641. The minimum absolute atomic E-state index is 0.141. The lowest BCUT2D eigenvalue weighted by Gasteiger charge is -2.10. The lowest BCUT2D eigenvalue weighted by atomic mass is 10.1. The zero-order chi connectivity index (χ0) is 14.0. The zero-order valence-electron chi connectivity index (χ0n) is 9.98. The number of hydrogen-bond acceptors (Lipinski definition) is 2. The van der Waals surface area contributed by atoms with Crippen LogP contribution in [0.3, 0.4) is 0 Å². The molecule has 0 saturated heterocycles. The van der Waals surface area contributed by atoms with Crippen LogP contribution in [-0.4, -0.2) is 11.1 Å². The van der Waals surface area contributed by atoms with Gasteiger partial charge in [0.05, 0.1) is 10.0 Å². The van der Waals surface area contributed by atoms with Crippen molar-refractivity contribution in [1.82, 2.24) is 0 Å². The molecule has 2 rings (SSSR count). The molecular formula is C14H10BrFO3. The van der Waals surface area contributed by atoms with Gasteiger partial charge in [-0.15, -0.1) is 0 Å². The summed E-state index contributed by atoms with van der Waals surface area (Å²) < 4.78 is 19.0. The predicted molar refractivity (Wildman–Crippen MR) is 72.3 cm³/mol. The van der Waals surface area contributed by atoms with Crippen LogP contribution in [0.1, 0.15) is 15.9 Å². The van der Waals surface area contributed by atoms with Gasteiger partial charge in [-0.3, -0.25) is 0 Å². The van der Waals surface area contributed by atoms with Crippen molar-refractivity contribution in [3.05, 3.63) is 57.8 Å². The van der Waals surface area contributed by atoms with Crippen molar-refractivity contribution < 1.29 is 19.0 Å². The Morgan fingerprint density at radius 2 is 2.00 bits per heavy atom. The topological polar surface area (TPSA) is 46.5 Å². The summed E-state index contributed by atoms with van der Waals surface area (Å²) in [6.45, 7) is 1.81. The Balaban J connectivity index is 2.34. The van der Waals surface area contributed by atoms with E-state index < -0.39 is 5.97 Å². The van der Waals surface area contributed by atoms with Crippen LogP contribution in [0.4, 0.5) is 4.39 Å². The standard InChI is InChI=1S/C14H10BrFO3/c1-8-2-3-9(14(17)18)6-13(8)19-10-4-5-12(16)11(15)7-10/h2-7H,1H3,(H,17,18). The normalized spacial score (nSPS) is 10.3. The van der Waals surface area contributed by atoms with E-state index in [1.807, 2.05) is 0 Å². The lowest BCUT2D eigenvalue weighted by molar-refractivity contribution is 0.0696. The average Bonchev–Trinajstić information content (AvgIpc) is 2.36. The first-order chi connectivity index (χ1) is 8.97. The number of hydrogen-bond donors (Lipinski definition) is 1. The van der Waals surface area contributed by atoms with Gasteiger partial charge in [-0.25, -0.2) is 9.18 Å². The number of aromatic carboxylic acids is 1. The Morgan fingerprint density at radius 1 is 1.26 bits per heavy atom. The molecule has 0 saturated carbocycles. The highest BCUT2D eigenvalue weighted by atomic mass is 79.9. The molecule has 0 amide bonds. The highest BCUT2D eigenvalue weighted by Gasteiger charge is 2.09. The van der Waals surface area contributed by atoms with Gasteiger partial charge in [-0.2, -0.15) is 0 Å². The minimum atomic E-state index is -1.02. The van der Waals surface area contributed by atoms with E-state index in [2.05, 4.69) is 15.9 Å². The Hall–Kier alpha value is -1.88. The second kappa shape index (κ2) is 5.40. The highest BCUT2D eigenvalue weighted by Crippen LogP contribution is 2.29. The maximum absolute atomic E-state index is 13.1. The summed E-state index contributed by atoms with van der Waals surface area (Å²) in [5.41, 5.74) is 0.937. The van der Waals surface area contributed by atoms with Crippen molar-refractivity contribution in [2.24, 2.45) is 0 Å². The van der Waals surface area contributed by atoms with E-state index in [0.29, 0.717) is 11.5 Å². The summed E-state index contributed by atoms with van der Waals surface area (Å²) in [4.78, 5) is 10.9. The lowest BCUT2D eigenvalue weighted by Crippen LogP contribution is -1.97. The third-order valence-electron chi connectivity index (χ3n) is 2.55. The molecule has 2 aromatic rings. The molecule has 3 nitrogen and oxygen atoms in total. The van der Waals surface area contributed by atoms with E-state index in [4.69, 9.17) is 9.84 Å². The summed E-state index contributed by atoms with van der Waals surface area (Å²) >= 11 is 3.07. The molecule has 0 spiro atoms. The van der Waals surface area contributed by atoms with Crippen molar-refractivity contribution >= 4 is 21.9 Å². The second-order valence-electron chi connectivity index (χ2n) is 3.96. The van der Waals surface area contributed by atoms with Gasteiger partial charge in [0.15, 0.2) is 0 Å². The molecule has 0 aliphatic heterocycles. The second-order valence-corrected chi connectivity index (χ2v) is 4.82. The highest BCUT2D eigenvalue weighted by molar-refractivity contribution is 9.10. The molecule has 5 heteroatoms. The number of benzene rings is 2. The van der Waals surface area contributed by atoms with E-state index in [0.717, 1.165) is 5.56 Å². The van der Waals surface area contributed by atoms with Crippen molar-refractivity contribution in [2.45, 2.75) is 6.92 Å². The molecular weight excluding hydrogens is 315 g/mol. The molecule has 0 aromatic heterocycles. The fourth-order valence-electron chi connectivity index (χ4n) is 1.51. The number of rotatable bonds is 3. The molecule has 0 fully saturated rings. The molecule has 19 heavy (non-hydrogen) atoms. The largest absolute Gasteiger partial charge is 0.478 e. The third kappa shape index (κ3) is 3.12. The monoisotopic (exact) mass is 324 g/mol. The number of carbonyl (C=O) groups is 1. The van der Waals surface area contributed by atoms with E-state index >= 15 is 0 Å². The van der Waals surface area contributed by atoms with Crippen LogP contribution >= 0.6 is 15.9 Å². The van der Waals surface area contributed by atoms with Gasteiger partial charge < -0.3 is 9.84 Å². The molecule has 0 aliphatic carbocycles. The Labute approximate surface area is 117 Å². The van der Waals surface area contributed by atoms with Crippen molar-refractivity contribution in [2.75, 3.05) is 0 Å². The predicted octanol–water partition coefficient (Wildman–Crippen LogP) is 4.39. The van der Waals surface area contributed by atoms with Gasteiger partial charge >= 0.3 is 5.97 Å². The van der Waals surface area contributed by atoms with E-state index in [1.54, 1.807) is 13.0 Å². The van der Waals surface area contributed by atoms with Crippen molar-refractivity contribution in [3.63, 3.8) is 0 Å². The van der Waals surface area contributed by atoms with Crippen molar-refractivity contribution in [3.8, 4) is 11.5 Å². The maximum atomic E-state index is 13.1. The quantitative estimate of drug-likeness (QED) is 0.910. The van der Waals surface area contributed by atoms with Crippen LogP contribution in [0.5, 0.6) is 11.5 Å². The summed E-state index contributed by atoms with van der Waals surface area (Å²) in [7, 11) is 0. The maximum Gasteiger partial charge on any atom is 0.335 e. The third-order valence-corrected chi connectivity index (χ3v) is 3.16. The first-order valence-corrected chi connectivity index (χ1v) is 6.23. The molecule has 2 aromatic carbocycles. The number of halogens is 2. The minimum Gasteiger partial charge on any atom is -0.478 e. The fourth-order valence-corrected chi connectivity index (χ4v) is 1.87. The van der Waals surface area contributed by atoms with Crippen LogP contribution in [0, 0.1) is 12.7 Å². The fraction of sp³-hybridized carbons (Fsp3) is 0.0714. The number of ether oxygens (including phenoxy) is 1. The van der Waals surface area contributed by atoms with Crippen LogP contribution in [-0.2, 0) is 0 Å². The molecule has 0 bridgehead atoms. The molecule has 0 aliphatic rings. The number of carboxylic acid groups (broad SMARTS) is 1. The van der Waals surface area contributed by atoms with Gasteiger partial charge in [0.1, 0.15) is 17.3 Å². The summed E-state index contributed by atoms with van der Waals surface area (Å²) in [6.07, 6.45) is 0. The zero-order valence-corrected chi connectivity index (χ0v) is 11.6. The van der Waals surface area contributed by atoms with Gasteiger partial charge in [0.25, 0.3) is 0 Å². The summed E-state index contributed by atoms with van der Waals surface area (Å²) in [5, 5.41) is 8.93. The average molecular weight is 325 g/mol. The number of aryl methyl sites for hydroxylation is 1. The van der Waals surface area contributed by atoms with Gasteiger partial charge in [0, 0.05) is 0 Å². The molecule has 1 N–H and O–H groups in total.